The van der Waals surface area contributed by atoms with Crippen LogP contribution in [0.3, 0.4) is 0 Å². The summed E-state index contributed by atoms with van der Waals surface area (Å²) in [5, 5.41) is 17.0. The van der Waals surface area contributed by atoms with Gasteiger partial charge in [-0.05, 0) is 123 Å². The minimum absolute atomic E-state index is 0.0336. The van der Waals surface area contributed by atoms with Crippen molar-refractivity contribution in [3.8, 4) is 23.0 Å². The highest BCUT2D eigenvalue weighted by Crippen LogP contribution is 2.31. The molecular weight excluding hydrogens is 620 g/mol. The smallest absolute Gasteiger partial charge is 0.343 e. The van der Waals surface area contributed by atoms with Gasteiger partial charge in [-0.2, -0.15) is 20.5 Å². The Morgan fingerprint density at radius 3 is 1.28 bits per heavy atom. The van der Waals surface area contributed by atoms with Gasteiger partial charge in [0.15, 0.2) is 5.75 Å². The first-order valence-electron chi connectivity index (χ1n) is 14.6. The van der Waals surface area contributed by atoms with Crippen molar-refractivity contribution in [3.05, 3.63) is 131 Å². The third-order valence-electron chi connectivity index (χ3n) is 6.38. The van der Waals surface area contributed by atoms with Crippen LogP contribution in [0.15, 0.2) is 136 Å². The zero-order valence-electron chi connectivity index (χ0n) is 25.5. The second-order valence-electron chi connectivity index (χ2n) is 9.72. The molecule has 0 atom stereocenters. The summed E-state index contributed by atoms with van der Waals surface area (Å²) in [4.78, 5) is 25.6. The van der Waals surface area contributed by atoms with Crippen molar-refractivity contribution in [2.45, 2.75) is 13.8 Å². The lowest BCUT2D eigenvalue weighted by molar-refractivity contribution is 0.0733. The molecule has 5 aromatic rings. The van der Waals surface area contributed by atoms with E-state index < -0.39 is 11.9 Å². The van der Waals surface area contributed by atoms with E-state index in [1.54, 1.807) is 72.8 Å². The van der Waals surface area contributed by atoms with Gasteiger partial charge in [-0.3, -0.25) is 0 Å². The standard InChI is InChI=1S/C36H29ClN4O6/c1-3-44-30-17-13-28(14-18-30)40-38-26-9-5-24(6-10-26)35(42)46-32-21-22-33(37)34(23-32)47-36(43)25-7-11-27(12-8-25)39-41-29-15-19-31(20-16-29)45-4-2/h5-23H,3-4H2,1-2H3. The molecule has 0 bridgehead atoms. The van der Waals surface area contributed by atoms with E-state index in [-0.39, 0.29) is 22.1 Å². The summed E-state index contributed by atoms with van der Waals surface area (Å²) in [5.74, 6) is 0.420. The maximum Gasteiger partial charge on any atom is 0.343 e. The predicted molar refractivity (Wildman–Crippen MR) is 178 cm³/mol. The number of nitrogens with zero attached hydrogens (tertiary/aromatic N) is 4. The third kappa shape index (κ3) is 9.32. The summed E-state index contributed by atoms with van der Waals surface area (Å²) in [6.07, 6.45) is 0. The Hall–Kier alpha value is -5.87. The van der Waals surface area contributed by atoms with Crippen LogP contribution in [0.2, 0.25) is 5.02 Å². The Morgan fingerprint density at radius 1 is 0.511 bits per heavy atom. The second kappa shape index (κ2) is 15.9. The molecule has 5 rings (SSSR count). The van der Waals surface area contributed by atoms with Crippen LogP contribution >= 0.6 is 11.6 Å². The average Bonchev–Trinajstić information content (AvgIpc) is 3.10. The molecule has 0 heterocycles. The number of carbonyl (C=O) groups is 2. The van der Waals surface area contributed by atoms with Crippen molar-refractivity contribution in [2.75, 3.05) is 13.2 Å². The first-order valence-corrected chi connectivity index (χ1v) is 15.0. The lowest BCUT2D eigenvalue weighted by atomic mass is 10.2. The van der Waals surface area contributed by atoms with Gasteiger partial charge in [0.2, 0.25) is 0 Å². The third-order valence-corrected chi connectivity index (χ3v) is 6.69. The van der Waals surface area contributed by atoms with Crippen LogP contribution in [-0.4, -0.2) is 25.2 Å². The lowest BCUT2D eigenvalue weighted by Gasteiger charge is -2.09. The van der Waals surface area contributed by atoms with Crippen LogP contribution in [0.5, 0.6) is 23.0 Å². The summed E-state index contributed by atoms with van der Waals surface area (Å²) in [5.41, 5.74) is 2.98. The number of rotatable bonds is 12. The van der Waals surface area contributed by atoms with Crippen molar-refractivity contribution in [2.24, 2.45) is 20.5 Å². The highest BCUT2D eigenvalue weighted by molar-refractivity contribution is 6.32. The number of benzene rings is 5. The molecule has 0 radical (unpaired) electrons. The summed E-state index contributed by atoms with van der Waals surface area (Å²) in [6, 6.07) is 31.7. The lowest BCUT2D eigenvalue weighted by Crippen LogP contribution is -2.10. The van der Waals surface area contributed by atoms with Gasteiger partial charge < -0.3 is 18.9 Å². The summed E-state index contributed by atoms with van der Waals surface area (Å²) in [7, 11) is 0. The van der Waals surface area contributed by atoms with Crippen LogP contribution in [0, 0.1) is 0 Å². The SMILES string of the molecule is CCOc1ccc(N=Nc2ccc(C(=O)Oc3ccc(Cl)c(OC(=O)c4ccc(N=Nc5ccc(OCC)cc5)cc4)c3)cc2)cc1. The molecule has 0 N–H and O–H groups in total. The number of azo groups is 2. The molecular formula is C36H29ClN4O6. The van der Waals surface area contributed by atoms with Gasteiger partial charge in [0.25, 0.3) is 0 Å². The molecule has 0 saturated carbocycles. The van der Waals surface area contributed by atoms with Crippen LogP contribution < -0.4 is 18.9 Å². The van der Waals surface area contributed by atoms with Gasteiger partial charge in [-0.1, -0.05) is 11.6 Å². The number of hydrogen-bond donors (Lipinski definition) is 0. The summed E-state index contributed by atoms with van der Waals surface area (Å²) >= 11 is 6.27. The highest BCUT2D eigenvalue weighted by Gasteiger charge is 2.15. The molecule has 5 aromatic carbocycles. The fourth-order valence-corrected chi connectivity index (χ4v) is 4.22. The van der Waals surface area contributed by atoms with E-state index >= 15 is 0 Å². The molecule has 0 amide bonds. The molecule has 0 unspecified atom stereocenters. The minimum atomic E-state index is -0.652. The van der Waals surface area contributed by atoms with Crippen molar-refractivity contribution in [1.82, 2.24) is 0 Å². The van der Waals surface area contributed by atoms with E-state index in [0.717, 1.165) is 11.5 Å². The zero-order chi connectivity index (χ0) is 33.0. The second-order valence-corrected chi connectivity index (χ2v) is 10.1. The van der Waals surface area contributed by atoms with E-state index in [4.69, 9.17) is 30.5 Å². The molecule has 47 heavy (non-hydrogen) atoms. The Bertz CT molecular complexity index is 1880. The van der Waals surface area contributed by atoms with E-state index in [9.17, 15) is 9.59 Å². The minimum Gasteiger partial charge on any atom is -0.494 e. The summed E-state index contributed by atoms with van der Waals surface area (Å²) in [6.45, 7) is 5.00. The van der Waals surface area contributed by atoms with Crippen LogP contribution in [0.4, 0.5) is 22.7 Å². The number of ether oxygens (including phenoxy) is 4. The fourth-order valence-electron chi connectivity index (χ4n) is 4.06. The topological polar surface area (TPSA) is 121 Å². The number of esters is 2. The molecule has 236 valence electrons. The molecule has 0 saturated heterocycles. The Kier molecular flexibility index (Phi) is 11.0. The van der Waals surface area contributed by atoms with Crippen molar-refractivity contribution in [3.63, 3.8) is 0 Å². The van der Waals surface area contributed by atoms with Crippen molar-refractivity contribution >= 4 is 46.3 Å². The molecule has 0 spiro atoms. The number of halogens is 1. The monoisotopic (exact) mass is 648 g/mol. The molecule has 0 fully saturated rings. The summed E-state index contributed by atoms with van der Waals surface area (Å²) < 4.78 is 21.8. The largest absolute Gasteiger partial charge is 0.494 e. The van der Waals surface area contributed by atoms with Gasteiger partial charge in [-0.25, -0.2) is 9.59 Å². The normalized spacial score (nSPS) is 11.0. The predicted octanol–water partition coefficient (Wildman–Crippen LogP) is 10.4. The molecule has 0 aromatic heterocycles. The van der Waals surface area contributed by atoms with Gasteiger partial charge in [0.05, 0.1) is 52.1 Å². The van der Waals surface area contributed by atoms with Gasteiger partial charge >= 0.3 is 11.9 Å². The number of hydrogen-bond acceptors (Lipinski definition) is 10. The molecule has 0 aliphatic carbocycles. The molecule has 0 aliphatic heterocycles. The Labute approximate surface area is 276 Å². The molecule has 10 nitrogen and oxygen atoms in total. The van der Waals surface area contributed by atoms with Gasteiger partial charge in [0.1, 0.15) is 17.2 Å². The maximum absolute atomic E-state index is 12.8. The quantitative estimate of drug-likeness (QED) is 0.0754. The average molecular weight is 649 g/mol. The van der Waals surface area contributed by atoms with E-state index in [2.05, 4.69) is 20.5 Å². The maximum atomic E-state index is 12.8. The van der Waals surface area contributed by atoms with Crippen LogP contribution in [-0.2, 0) is 0 Å². The van der Waals surface area contributed by atoms with Gasteiger partial charge in [0, 0.05) is 6.07 Å². The fraction of sp³-hybridized carbons (Fsp3) is 0.111. The Morgan fingerprint density at radius 2 is 0.872 bits per heavy atom. The van der Waals surface area contributed by atoms with Crippen molar-refractivity contribution in [1.29, 1.82) is 0 Å². The van der Waals surface area contributed by atoms with Crippen LogP contribution in [0.1, 0.15) is 34.6 Å². The highest BCUT2D eigenvalue weighted by atomic mass is 35.5. The van der Waals surface area contributed by atoms with Gasteiger partial charge in [-0.15, -0.1) is 0 Å². The zero-order valence-corrected chi connectivity index (χ0v) is 26.3. The molecule has 0 aliphatic rings. The van der Waals surface area contributed by atoms with Crippen LogP contribution in [0.25, 0.3) is 0 Å². The van der Waals surface area contributed by atoms with E-state index in [1.807, 2.05) is 38.1 Å². The molecule has 11 heteroatoms. The van der Waals surface area contributed by atoms with E-state index in [1.165, 1.54) is 18.2 Å². The number of carbonyl (C=O) groups excluding carboxylic acids is 2. The van der Waals surface area contributed by atoms with E-state index in [0.29, 0.717) is 41.5 Å². The van der Waals surface area contributed by atoms with Crippen molar-refractivity contribution < 1.29 is 28.5 Å². The first kappa shape index (κ1) is 32.5. The first-order chi connectivity index (χ1) is 22.9. The Balaban J connectivity index is 1.16.